The molecule has 1 fully saturated rings. The zero-order valence-corrected chi connectivity index (χ0v) is 11.4. The first kappa shape index (κ1) is 13.9. The summed E-state index contributed by atoms with van der Waals surface area (Å²) >= 11 is 0. The van der Waals surface area contributed by atoms with E-state index in [-0.39, 0.29) is 18.6 Å². The first-order chi connectivity index (χ1) is 9.15. The van der Waals surface area contributed by atoms with E-state index in [1.165, 1.54) is 12.8 Å². The summed E-state index contributed by atoms with van der Waals surface area (Å²) in [6.45, 7) is 2.01. The van der Waals surface area contributed by atoms with Gasteiger partial charge in [0.25, 0.3) is 5.91 Å². The van der Waals surface area contributed by atoms with Crippen molar-refractivity contribution in [2.75, 3.05) is 6.61 Å². The van der Waals surface area contributed by atoms with Gasteiger partial charge in [-0.15, -0.1) is 0 Å². The average molecular weight is 262 g/mol. The smallest absolute Gasteiger partial charge is 0.258 e. The molecule has 2 rings (SSSR count). The van der Waals surface area contributed by atoms with E-state index in [0.717, 1.165) is 18.4 Å². The summed E-state index contributed by atoms with van der Waals surface area (Å²) < 4.78 is 5.46. The van der Waals surface area contributed by atoms with Crippen LogP contribution in [0.1, 0.15) is 44.2 Å². The van der Waals surface area contributed by atoms with Crippen LogP contribution >= 0.6 is 0 Å². The van der Waals surface area contributed by atoms with E-state index in [1.807, 2.05) is 31.2 Å². The summed E-state index contributed by atoms with van der Waals surface area (Å²) in [4.78, 5) is 11.7. The molecule has 1 aromatic rings. The molecule has 0 aliphatic heterocycles. The summed E-state index contributed by atoms with van der Waals surface area (Å²) in [6, 6.07) is 7.91. The SMILES string of the molecule is CC(N)c1ccc(OCC(=O)NC2CCCC2)cc1. The molecule has 4 heteroatoms. The Hall–Kier alpha value is -1.55. The van der Waals surface area contributed by atoms with Crippen molar-refractivity contribution in [1.29, 1.82) is 0 Å². The Bertz CT molecular complexity index is 409. The number of nitrogens with one attached hydrogen (secondary N) is 1. The van der Waals surface area contributed by atoms with E-state index in [1.54, 1.807) is 0 Å². The maximum atomic E-state index is 11.7. The van der Waals surface area contributed by atoms with Gasteiger partial charge in [0.15, 0.2) is 6.61 Å². The standard InChI is InChI=1S/C15H22N2O2/c1-11(16)12-6-8-14(9-7-12)19-10-15(18)17-13-4-2-3-5-13/h6-9,11,13H,2-5,10,16H2,1H3,(H,17,18). The Balaban J connectivity index is 1.76. The molecule has 0 bridgehead atoms. The predicted molar refractivity (Wildman–Crippen MR) is 74.9 cm³/mol. The molecule has 1 aromatic carbocycles. The molecule has 1 saturated carbocycles. The fraction of sp³-hybridized carbons (Fsp3) is 0.533. The van der Waals surface area contributed by atoms with Crippen molar-refractivity contribution in [1.82, 2.24) is 5.32 Å². The lowest BCUT2D eigenvalue weighted by atomic mass is 10.1. The fourth-order valence-electron chi connectivity index (χ4n) is 2.36. The van der Waals surface area contributed by atoms with Crippen molar-refractivity contribution in [2.24, 2.45) is 5.73 Å². The van der Waals surface area contributed by atoms with Crippen molar-refractivity contribution < 1.29 is 9.53 Å². The number of nitrogens with two attached hydrogens (primary N) is 1. The van der Waals surface area contributed by atoms with Gasteiger partial charge in [-0.05, 0) is 37.5 Å². The normalized spacial score (nSPS) is 17.2. The molecule has 3 N–H and O–H groups in total. The number of carbonyl (C=O) groups is 1. The van der Waals surface area contributed by atoms with E-state index in [4.69, 9.17) is 10.5 Å². The Morgan fingerprint density at radius 1 is 1.37 bits per heavy atom. The molecule has 1 aliphatic carbocycles. The predicted octanol–water partition coefficient (Wildman–Crippen LogP) is 2.14. The van der Waals surface area contributed by atoms with Crippen molar-refractivity contribution in [3.63, 3.8) is 0 Å². The maximum Gasteiger partial charge on any atom is 0.258 e. The number of rotatable bonds is 5. The molecule has 1 aliphatic rings. The summed E-state index contributed by atoms with van der Waals surface area (Å²) in [5, 5.41) is 2.99. The van der Waals surface area contributed by atoms with Crippen LogP contribution < -0.4 is 15.8 Å². The first-order valence-electron chi connectivity index (χ1n) is 6.93. The van der Waals surface area contributed by atoms with Crippen LogP contribution in [0, 0.1) is 0 Å². The molecule has 0 heterocycles. The Kier molecular flexibility index (Phi) is 4.80. The molecule has 1 unspecified atom stereocenters. The van der Waals surface area contributed by atoms with Crippen LogP contribution in [-0.4, -0.2) is 18.6 Å². The molecule has 0 aromatic heterocycles. The van der Waals surface area contributed by atoms with Gasteiger partial charge in [0.05, 0.1) is 0 Å². The molecule has 0 saturated heterocycles. The lowest BCUT2D eigenvalue weighted by Crippen LogP contribution is -2.36. The third kappa shape index (κ3) is 4.24. The molecule has 1 amide bonds. The van der Waals surface area contributed by atoms with E-state index < -0.39 is 0 Å². The molecule has 104 valence electrons. The molecule has 1 atom stereocenters. The number of carbonyl (C=O) groups excluding carboxylic acids is 1. The third-order valence-electron chi connectivity index (χ3n) is 3.50. The van der Waals surface area contributed by atoms with Gasteiger partial charge in [0, 0.05) is 12.1 Å². The third-order valence-corrected chi connectivity index (χ3v) is 3.50. The topological polar surface area (TPSA) is 64.3 Å². The Morgan fingerprint density at radius 2 is 2.00 bits per heavy atom. The van der Waals surface area contributed by atoms with E-state index in [2.05, 4.69) is 5.32 Å². The van der Waals surface area contributed by atoms with Crippen LogP contribution in [-0.2, 0) is 4.79 Å². The van der Waals surface area contributed by atoms with Crippen molar-refractivity contribution in [3.05, 3.63) is 29.8 Å². The number of hydrogen-bond acceptors (Lipinski definition) is 3. The second-order valence-corrected chi connectivity index (χ2v) is 5.20. The Labute approximate surface area is 114 Å². The summed E-state index contributed by atoms with van der Waals surface area (Å²) in [6.07, 6.45) is 4.61. The molecular weight excluding hydrogens is 240 g/mol. The van der Waals surface area contributed by atoms with Crippen LogP contribution in [0.5, 0.6) is 5.75 Å². The van der Waals surface area contributed by atoms with Crippen molar-refractivity contribution in [3.8, 4) is 5.75 Å². The minimum Gasteiger partial charge on any atom is -0.484 e. The molecule has 4 nitrogen and oxygen atoms in total. The lowest BCUT2D eigenvalue weighted by Gasteiger charge is -2.13. The quantitative estimate of drug-likeness (QED) is 0.854. The van der Waals surface area contributed by atoms with Crippen LogP contribution in [0.3, 0.4) is 0 Å². The zero-order chi connectivity index (χ0) is 13.7. The van der Waals surface area contributed by atoms with E-state index in [0.29, 0.717) is 11.8 Å². The Morgan fingerprint density at radius 3 is 2.58 bits per heavy atom. The molecule has 0 radical (unpaired) electrons. The summed E-state index contributed by atoms with van der Waals surface area (Å²) in [7, 11) is 0. The highest BCUT2D eigenvalue weighted by Crippen LogP contribution is 2.18. The van der Waals surface area contributed by atoms with Gasteiger partial charge in [-0.1, -0.05) is 25.0 Å². The second-order valence-electron chi connectivity index (χ2n) is 5.20. The van der Waals surface area contributed by atoms with Gasteiger partial charge >= 0.3 is 0 Å². The van der Waals surface area contributed by atoms with E-state index in [9.17, 15) is 4.79 Å². The first-order valence-corrected chi connectivity index (χ1v) is 6.93. The molecule has 19 heavy (non-hydrogen) atoms. The van der Waals surface area contributed by atoms with Crippen LogP contribution in [0.4, 0.5) is 0 Å². The van der Waals surface area contributed by atoms with E-state index >= 15 is 0 Å². The van der Waals surface area contributed by atoms with Gasteiger partial charge in [-0.2, -0.15) is 0 Å². The highest BCUT2D eigenvalue weighted by atomic mass is 16.5. The van der Waals surface area contributed by atoms with Gasteiger partial charge < -0.3 is 15.8 Å². The number of amides is 1. The lowest BCUT2D eigenvalue weighted by molar-refractivity contribution is -0.123. The maximum absolute atomic E-state index is 11.7. The van der Waals surface area contributed by atoms with Crippen molar-refractivity contribution >= 4 is 5.91 Å². The van der Waals surface area contributed by atoms with Crippen molar-refractivity contribution in [2.45, 2.75) is 44.7 Å². The summed E-state index contributed by atoms with van der Waals surface area (Å²) in [5.74, 6) is 0.661. The van der Waals surface area contributed by atoms with Gasteiger partial charge in [-0.3, -0.25) is 4.79 Å². The minimum absolute atomic E-state index is 0.0136. The van der Waals surface area contributed by atoms with Crippen LogP contribution in [0.2, 0.25) is 0 Å². The summed E-state index contributed by atoms with van der Waals surface area (Å²) in [5.41, 5.74) is 6.83. The number of ether oxygens (including phenoxy) is 1. The highest BCUT2D eigenvalue weighted by Gasteiger charge is 2.17. The van der Waals surface area contributed by atoms with Crippen LogP contribution in [0.25, 0.3) is 0 Å². The largest absolute Gasteiger partial charge is 0.484 e. The number of hydrogen-bond donors (Lipinski definition) is 2. The van der Waals surface area contributed by atoms with Gasteiger partial charge in [0.1, 0.15) is 5.75 Å². The number of benzene rings is 1. The average Bonchev–Trinajstić information content (AvgIpc) is 2.89. The zero-order valence-electron chi connectivity index (χ0n) is 11.4. The molecule has 0 spiro atoms. The highest BCUT2D eigenvalue weighted by molar-refractivity contribution is 5.77. The molecular formula is C15H22N2O2. The van der Waals surface area contributed by atoms with Gasteiger partial charge in [-0.25, -0.2) is 0 Å². The van der Waals surface area contributed by atoms with Crippen LogP contribution in [0.15, 0.2) is 24.3 Å². The fourth-order valence-corrected chi connectivity index (χ4v) is 2.36. The monoisotopic (exact) mass is 262 g/mol. The van der Waals surface area contributed by atoms with Gasteiger partial charge in [0.2, 0.25) is 0 Å². The minimum atomic E-state index is -0.0387. The second kappa shape index (κ2) is 6.57.